The van der Waals surface area contributed by atoms with Gasteiger partial charge in [-0.05, 0) is 12.1 Å². The molecule has 0 saturated heterocycles. The normalized spacial score (nSPS) is 11.6. The summed E-state index contributed by atoms with van der Waals surface area (Å²) >= 11 is 5.95. The van der Waals surface area contributed by atoms with E-state index in [9.17, 15) is 8.42 Å². The minimum Gasteiger partial charge on any atom is -0.497 e. The summed E-state index contributed by atoms with van der Waals surface area (Å²) in [7, 11) is -1.92. The molecule has 7 heteroatoms. The lowest BCUT2D eigenvalue weighted by Gasteiger charge is -2.12. The highest BCUT2D eigenvalue weighted by Crippen LogP contribution is 2.27. The van der Waals surface area contributed by atoms with Crippen LogP contribution in [-0.4, -0.2) is 33.9 Å². The molecule has 0 spiro atoms. The second-order valence-electron chi connectivity index (χ2n) is 4.38. The summed E-state index contributed by atoms with van der Waals surface area (Å²) in [4.78, 5) is 0. The van der Waals surface area contributed by atoms with Crippen molar-refractivity contribution in [3.05, 3.63) is 23.2 Å². The number of benzene rings is 1. The molecular formula is C12H19ClN2O3S. The molecule has 0 amide bonds. The highest BCUT2D eigenvalue weighted by Gasteiger charge is 2.13. The Morgan fingerprint density at radius 1 is 1.37 bits per heavy atom. The Kier molecular flexibility index (Phi) is 5.90. The van der Waals surface area contributed by atoms with Gasteiger partial charge in [-0.2, -0.15) is 0 Å². The van der Waals surface area contributed by atoms with Crippen molar-refractivity contribution >= 4 is 27.3 Å². The molecule has 0 bridgehead atoms. The van der Waals surface area contributed by atoms with E-state index < -0.39 is 10.0 Å². The Morgan fingerprint density at radius 2 is 2.05 bits per heavy atom. The first kappa shape index (κ1) is 16.1. The van der Waals surface area contributed by atoms with Crippen LogP contribution in [0.5, 0.6) is 5.75 Å². The van der Waals surface area contributed by atoms with Gasteiger partial charge < -0.3 is 10.1 Å². The van der Waals surface area contributed by atoms with Gasteiger partial charge in [-0.1, -0.05) is 25.4 Å². The molecule has 0 atom stereocenters. The maximum atomic E-state index is 11.9. The van der Waals surface area contributed by atoms with E-state index in [0.717, 1.165) is 0 Å². The predicted molar refractivity (Wildman–Crippen MR) is 78.6 cm³/mol. The number of hydrogen-bond donors (Lipinski definition) is 2. The van der Waals surface area contributed by atoms with Gasteiger partial charge in [0.05, 0.1) is 23.6 Å². The molecule has 1 rings (SSSR count). The van der Waals surface area contributed by atoms with Crippen molar-refractivity contribution in [1.82, 2.24) is 5.32 Å². The second kappa shape index (κ2) is 6.98. The first-order valence-electron chi connectivity index (χ1n) is 5.91. The molecule has 0 aliphatic heterocycles. The van der Waals surface area contributed by atoms with Crippen LogP contribution in [0.2, 0.25) is 5.02 Å². The average molecular weight is 307 g/mol. The zero-order chi connectivity index (χ0) is 14.5. The van der Waals surface area contributed by atoms with E-state index in [0.29, 0.717) is 23.0 Å². The van der Waals surface area contributed by atoms with Crippen LogP contribution >= 0.6 is 11.6 Å². The maximum Gasteiger partial charge on any atom is 0.234 e. The summed E-state index contributed by atoms with van der Waals surface area (Å²) in [6.07, 6.45) is 0. The zero-order valence-electron chi connectivity index (χ0n) is 11.2. The van der Waals surface area contributed by atoms with Crippen LogP contribution in [0.3, 0.4) is 0 Å². The standard InChI is InChI=1S/C12H19ClN2O3S/c1-9(2)14-6-7-19(16,17)15-12-8-10(18-3)4-5-11(12)13/h4-5,8-9,14-15H,6-7H2,1-3H3. The molecule has 1 aromatic rings. The minimum atomic E-state index is -3.43. The van der Waals surface area contributed by atoms with Gasteiger partial charge in [-0.3, -0.25) is 4.72 Å². The lowest BCUT2D eigenvalue weighted by atomic mass is 10.3. The fraction of sp³-hybridized carbons (Fsp3) is 0.500. The van der Waals surface area contributed by atoms with E-state index in [1.807, 2.05) is 13.8 Å². The van der Waals surface area contributed by atoms with Crippen molar-refractivity contribution in [3.8, 4) is 5.75 Å². The molecule has 19 heavy (non-hydrogen) atoms. The van der Waals surface area contributed by atoms with Gasteiger partial charge >= 0.3 is 0 Å². The summed E-state index contributed by atoms with van der Waals surface area (Å²) < 4.78 is 31.3. The van der Waals surface area contributed by atoms with Gasteiger partial charge in [-0.25, -0.2) is 8.42 Å². The summed E-state index contributed by atoms with van der Waals surface area (Å²) in [5, 5.41) is 3.38. The summed E-state index contributed by atoms with van der Waals surface area (Å²) in [6.45, 7) is 4.30. The lowest BCUT2D eigenvalue weighted by molar-refractivity contribution is 0.415. The lowest BCUT2D eigenvalue weighted by Crippen LogP contribution is -2.31. The number of ether oxygens (including phenoxy) is 1. The molecule has 0 aliphatic carbocycles. The smallest absolute Gasteiger partial charge is 0.234 e. The molecular weight excluding hydrogens is 288 g/mol. The first-order valence-corrected chi connectivity index (χ1v) is 7.94. The van der Waals surface area contributed by atoms with E-state index in [1.165, 1.54) is 7.11 Å². The van der Waals surface area contributed by atoms with Crippen molar-refractivity contribution in [2.45, 2.75) is 19.9 Å². The number of sulfonamides is 1. The third-order valence-electron chi connectivity index (χ3n) is 2.36. The number of halogens is 1. The number of anilines is 1. The molecule has 5 nitrogen and oxygen atoms in total. The van der Waals surface area contributed by atoms with E-state index in [2.05, 4.69) is 10.0 Å². The number of methoxy groups -OCH3 is 1. The molecule has 0 radical (unpaired) electrons. The summed E-state index contributed by atoms with van der Waals surface area (Å²) in [5.74, 6) is 0.529. The number of rotatable bonds is 7. The Morgan fingerprint density at radius 3 is 2.63 bits per heavy atom. The molecule has 1 aromatic carbocycles. The monoisotopic (exact) mass is 306 g/mol. The Balaban J connectivity index is 2.72. The third-order valence-corrected chi connectivity index (χ3v) is 3.96. The van der Waals surface area contributed by atoms with Crippen LogP contribution in [-0.2, 0) is 10.0 Å². The van der Waals surface area contributed by atoms with Crippen molar-refractivity contribution in [2.24, 2.45) is 0 Å². The van der Waals surface area contributed by atoms with Gasteiger partial charge in [0.1, 0.15) is 5.75 Å². The predicted octanol–water partition coefficient (Wildman–Crippen LogP) is 2.09. The Bertz CT molecular complexity index is 518. The molecule has 0 aromatic heterocycles. The molecule has 2 N–H and O–H groups in total. The van der Waals surface area contributed by atoms with Crippen LogP contribution < -0.4 is 14.8 Å². The molecule has 0 unspecified atom stereocenters. The minimum absolute atomic E-state index is 0.0152. The maximum absolute atomic E-state index is 11.9. The van der Waals surface area contributed by atoms with Crippen molar-refractivity contribution < 1.29 is 13.2 Å². The fourth-order valence-electron chi connectivity index (χ4n) is 1.41. The van der Waals surface area contributed by atoms with Crippen molar-refractivity contribution in [2.75, 3.05) is 24.1 Å². The summed E-state index contributed by atoms with van der Waals surface area (Å²) in [5.41, 5.74) is 0.325. The van der Waals surface area contributed by atoms with Crippen LogP contribution in [0, 0.1) is 0 Å². The summed E-state index contributed by atoms with van der Waals surface area (Å²) in [6, 6.07) is 5.05. The van der Waals surface area contributed by atoms with Crippen molar-refractivity contribution in [1.29, 1.82) is 0 Å². The van der Waals surface area contributed by atoms with Gasteiger partial charge in [-0.15, -0.1) is 0 Å². The molecule has 108 valence electrons. The molecule has 0 fully saturated rings. The third kappa shape index (κ3) is 5.67. The fourth-order valence-corrected chi connectivity index (χ4v) is 2.62. The topological polar surface area (TPSA) is 67.4 Å². The molecule has 0 heterocycles. The zero-order valence-corrected chi connectivity index (χ0v) is 12.8. The average Bonchev–Trinajstić information content (AvgIpc) is 2.31. The van der Waals surface area contributed by atoms with Gasteiger partial charge in [0.15, 0.2) is 0 Å². The highest BCUT2D eigenvalue weighted by atomic mass is 35.5. The Hall–Kier alpha value is -0.980. The molecule has 0 saturated carbocycles. The van der Waals surface area contributed by atoms with Gasteiger partial charge in [0.25, 0.3) is 0 Å². The highest BCUT2D eigenvalue weighted by molar-refractivity contribution is 7.92. The van der Waals surface area contributed by atoms with Crippen LogP contribution in [0.25, 0.3) is 0 Å². The van der Waals surface area contributed by atoms with Gasteiger partial charge in [0.2, 0.25) is 10.0 Å². The number of nitrogens with one attached hydrogen (secondary N) is 2. The van der Waals surface area contributed by atoms with Crippen LogP contribution in [0.1, 0.15) is 13.8 Å². The second-order valence-corrected chi connectivity index (χ2v) is 6.62. The van der Waals surface area contributed by atoms with E-state index in [-0.39, 0.29) is 11.8 Å². The van der Waals surface area contributed by atoms with E-state index >= 15 is 0 Å². The van der Waals surface area contributed by atoms with Gasteiger partial charge in [0, 0.05) is 18.7 Å². The van der Waals surface area contributed by atoms with Crippen LogP contribution in [0.15, 0.2) is 18.2 Å². The molecule has 0 aliphatic rings. The SMILES string of the molecule is COc1ccc(Cl)c(NS(=O)(=O)CCNC(C)C)c1. The van der Waals surface area contributed by atoms with E-state index in [4.69, 9.17) is 16.3 Å². The first-order chi connectivity index (χ1) is 8.84. The number of hydrogen-bond acceptors (Lipinski definition) is 4. The largest absolute Gasteiger partial charge is 0.497 e. The Labute approximate surface area is 119 Å². The van der Waals surface area contributed by atoms with Crippen LogP contribution in [0.4, 0.5) is 5.69 Å². The van der Waals surface area contributed by atoms with Crippen molar-refractivity contribution in [3.63, 3.8) is 0 Å². The quantitative estimate of drug-likeness (QED) is 0.809. The van der Waals surface area contributed by atoms with E-state index in [1.54, 1.807) is 18.2 Å².